The van der Waals surface area contributed by atoms with Crippen LogP contribution in [0.5, 0.6) is 0 Å². The van der Waals surface area contributed by atoms with Gasteiger partial charge < -0.3 is 14.7 Å². The van der Waals surface area contributed by atoms with Crippen LogP contribution >= 0.6 is 11.3 Å². The van der Waals surface area contributed by atoms with Crippen molar-refractivity contribution >= 4 is 33.5 Å². The number of carbonyl (C=O) groups excluding carboxylic acids is 2. The van der Waals surface area contributed by atoms with Crippen molar-refractivity contribution in [2.75, 3.05) is 32.7 Å². The number of thiazole rings is 1. The van der Waals surface area contributed by atoms with Crippen LogP contribution in [0.15, 0.2) is 23.7 Å². The number of benzene rings is 1. The van der Waals surface area contributed by atoms with Gasteiger partial charge in [-0.2, -0.15) is 0 Å². The van der Waals surface area contributed by atoms with Gasteiger partial charge in [0.1, 0.15) is 0 Å². The fraction of sp³-hybridized carbons (Fsp3) is 0.550. The summed E-state index contributed by atoms with van der Waals surface area (Å²) in [6.07, 6.45) is 4.45. The molecule has 3 amide bonds. The van der Waals surface area contributed by atoms with Crippen LogP contribution in [0.1, 0.15) is 36.0 Å². The summed E-state index contributed by atoms with van der Waals surface area (Å²) in [5.41, 5.74) is 3.47. The Morgan fingerprint density at radius 3 is 2.74 bits per heavy atom. The van der Waals surface area contributed by atoms with Crippen LogP contribution in [0.25, 0.3) is 10.2 Å². The van der Waals surface area contributed by atoms with Crippen molar-refractivity contribution in [3.05, 3.63) is 29.3 Å². The molecule has 3 fully saturated rings. The number of urea groups is 1. The van der Waals surface area contributed by atoms with Gasteiger partial charge in [0, 0.05) is 44.2 Å². The van der Waals surface area contributed by atoms with Gasteiger partial charge in [-0.3, -0.25) is 4.79 Å². The molecule has 4 heterocycles. The smallest absolute Gasteiger partial charge is 0.320 e. The third kappa shape index (κ3) is 2.98. The molecule has 0 aliphatic carbocycles. The van der Waals surface area contributed by atoms with Gasteiger partial charge in [0.15, 0.2) is 0 Å². The van der Waals surface area contributed by atoms with Crippen molar-refractivity contribution in [2.45, 2.75) is 31.7 Å². The molecule has 2 atom stereocenters. The molecule has 5 rings (SSSR count). The number of aromatic nitrogens is 1. The van der Waals surface area contributed by atoms with E-state index in [-0.39, 0.29) is 18.0 Å². The minimum atomic E-state index is 0.0741. The van der Waals surface area contributed by atoms with E-state index < -0.39 is 0 Å². The third-order valence-corrected chi connectivity index (χ3v) is 7.08. The molecule has 27 heavy (non-hydrogen) atoms. The Labute approximate surface area is 162 Å². The lowest BCUT2D eigenvalue weighted by molar-refractivity contribution is 0.0769. The number of hydrogen-bond donors (Lipinski definition) is 0. The molecular formula is C20H24N4O2S. The lowest BCUT2D eigenvalue weighted by Gasteiger charge is -2.34. The summed E-state index contributed by atoms with van der Waals surface area (Å²) in [7, 11) is 0. The zero-order chi connectivity index (χ0) is 18.4. The normalized spacial score (nSPS) is 25.3. The molecule has 3 aliphatic heterocycles. The van der Waals surface area contributed by atoms with Crippen molar-refractivity contribution in [1.82, 2.24) is 19.7 Å². The van der Waals surface area contributed by atoms with E-state index in [4.69, 9.17) is 0 Å². The summed E-state index contributed by atoms with van der Waals surface area (Å²) in [4.78, 5) is 36.2. The van der Waals surface area contributed by atoms with Crippen molar-refractivity contribution in [1.29, 1.82) is 0 Å². The summed E-state index contributed by atoms with van der Waals surface area (Å²) < 4.78 is 1.04. The number of nitrogens with zero attached hydrogens (tertiary/aromatic N) is 4. The molecule has 0 radical (unpaired) electrons. The van der Waals surface area contributed by atoms with Gasteiger partial charge in [0.2, 0.25) is 0 Å². The summed E-state index contributed by atoms with van der Waals surface area (Å²) in [6.45, 7) is 4.01. The average Bonchev–Trinajstić information content (AvgIpc) is 3.42. The van der Waals surface area contributed by atoms with Gasteiger partial charge in [-0.1, -0.05) is 0 Å². The zero-order valence-electron chi connectivity index (χ0n) is 15.3. The second-order valence-electron chi connectivity index (χ2n) is 7.88. The molecule has 0 N–H and O–H groups in total. The standard InChI is InChI=1S/C20H24N4O2S/c25-19(14-4-5-16-18(10-14)27-13-21-16)23-11-15-6-9-24(17(15)12-23)20(26)22-7-2-1-3-8-22/h4-5,10,13,15,17H,1-3,6-9,11-12H2/t15-,17+/m1/s1. The molecule has 0 bridgehead atoms. The van der Waals surface area contributed by atoms with Gasteiger partial charge in [-0.25, -0.2) is 9.78 Å². The molecule has 7 heteroatoms. The number of carbonyl (C=O) groups is 2. The van der Waals surface area contributed by atoms with Crippen LogP contribution in [0.3, 0.4) is 0 Å². The van der Waals surface area contributed by atoms with Gasteiger partial charge in [0.05, 0.1) is 21.8 Å². The summed E-state index contributed by atoms with van der Waals surface area (Å²) >= 11 is 1.56. The summed E-state index contributed by atoms with van der Waals surface area (Å²) in [6, 6.07) is 6.09. The van der Waals surface area contributed by atoms with Crippen LogP contribution in [-0.2, 0) is 0 Å². The van der Waals surface area contributed by atoms with Gasteiger partial charge in [-0.15, -0.1) is 11.3 Å². The van der Waals surface area contributed by atoms with E-state index >= 15 is 0 Å². The number of likely N-dealkylation sites (tertiary alicyclic amines) is 3. The first-order chi connectivity index (χ1) is 13.2. The van der Waals surface area contributed by atoms with Crippen molar-refractivity contribution in [3.8, 4) is 0 Å². The predicted octanol–water partition coefficient (Wildman–Crippen LogP) is 3.05. The predicted molar refractivity (Wildman–Crippen MR) is 105 cm³/mol. The number of fused-ring (bicyclic) bond motifs is 2. The molecule has 2 aromatic rings. The largest absolute Gasteiger partial charge is 0.336 e. The van der Waals surface area contributed by atoms with E-state index in [1.54, 1.807) is 11.3 Å². The Hall–Kier alpha value is -2.15. The molecule has 0 unspecified atom stereocenters. The quantitative estimate of drug-likeness (QED) is 0.759. The Morgan fingerprint density at radius 1 is 1.04 bits per heavy atom. The average molecular weight is 385 g/mol. The first kappa shape index (κ1) is 17.0. The van der Waals surface area contributed by atoms with Crippen molar-refractivity contribution in [2.24, 2.45) is 5.92 Å². The molecule has 142 valence electrons. The Bertz CT molecular complexity index is 876. The Kier molecular flexibility index (Phi) is 4.27. The summed E-state index contributed by atoms with van der Waals surface area (Å²) in [5.74, 6) is 0.486. The number of hydrogen-bond acceptors (Lipinski definition) is 4. The Morgan fingerprint density at radius 2 is 1.89 bits per heavy atom. The number of rotatable bonds is 1. The minimum Gasteiger partial charge on any atom is -0.336 e. The number of piperidine rings is 1. The van der Waals surface area contributed by atoms with E-state index in [0.29, 0.717) is 12.5 Å². The first-order valence-electron chi connectivity index (χ1n) is 9.89. The SMILES string of the molecule is O=C(c1ccc2ncsc2c1)N1C[C@H]2CCN(C(=O)N3CCCCC3)[C@H]2C1. The maximum absolute atomic E-state index is 13.0. The lowest BCUT2D eigenvalue weighted by Crippen LogP contribution is -2.49. The highest BCUT2D eigenvalue weighted by Crippen LogP contribution is 2.33. The third-order valence-electron chi connectivity index (χ3n) is 6.29. The molecule has 0 saturated carbocycles. The van der Waals surface area contributed by atoms with Crippen LogP contribution in [0.4, 0.5) is 4.79 Å². The van der Waals surface area contributed by atoms with E-state index in [0.717, 1.165) is 61.2 Å². The lowest BCUT2D eigenvalue weighted by atomic mass is 10.1. The second kappa shape index (κ2) is 6.78. The summed E-state index contributed by atoms with van der Waals surface area (Å²) in [5, 5.41) is 0. The highest BCUT2D eigenvalue weighted by molar-refractivity contribution is 7.16. The van der Waals surface area contributed by atoms with Gasteiger partial charge >= 0.3 is 6.03 Å². The highest BCUT2D eigenvalue weighted by atomic mass is 32.1. The molecule has 3 aliphatic rings. The van der Waals surface area contributed by atoms with Crippen LogP contribution < -0.4 is 0 Å². The second-order valence-corrected chi connectivity index (χ2v) is 8.77. The van der Waals surface area contributed by atoms with E-state index in [1.165, 1.54) is 6.42 Å². The molecule has 3 saturated heterocycles. The fourth-order valence-corrected chi connectivity index (χ4v) is 5.52. The van der Waals surface area contributed by atoms with E-state index in [9.17, 15) is 9.59 Å². The van der Waals surface area contributed by atoms with Crippen LogP contribution in [0.2, 0.25) is 0 Å². The number of amides is 3. The van der Waals surface area contributed by atoms with Crippen LogP contribution in [0, 0.1) is 5.92 Å². The molecular weight excluding hydrogens is 360 g/mol. The molecule has 1 aromatic heterocycles. The molecule has 6 nitrogen and oxygen atoms in total. The zero-order valence-corrected chi connectivity index (χ0v) is 16.2. The maximum Gasteiger partial charge on any atom is 0.320 e. The Balaban J connectivity index is 1.30. The topological polar surface area (TPSA) is 56.8 Å². The van der Waals surface area contributed by atoms with E-state index in [1.807, 2.05) is 38.4 Å². The van der Waals surface area contributed by atoms with Crippen molar-refractivity contribution < 1.29 is 9.59 Å². The molecule has 1 aromatic carbocycles. The molecule has 0 spiro atoms. The van der Waals surface area contributed by atoms with Gasteiger partial charge in [0.25, 0.3) is 5.91 Å². The van der Waals surface area contributed by atoms with E-state index in [2.05, 4.69) is 4.98 Å². The monoisotopic (exact) mass is 384 g/mol. The highest BCUT2D eigenvalue weighted by Gasteiger charge is 2.45. The van der Waals surface area contributed by atoms with Crippen molar-refractivity contribution in [3.63, 3.8) is 0 Å². The maximum atomic E-state index is 13.0. The minimum absolute atomic E-state index is 0.0741. The first-order valence-corrected chi connectivity index (χ1v) is 10.8. The fourth-order valence-electron chi connectivity index (χ4n) is 4.80. The van der Waals surface area contributed by atoms with Gasteiger partial charge in [-0.05, 0) is 43.9 Å². The van der Waals surface area contributed by atoms with Crippen LogP contribution in [-0.4, -0.2) is 70.4 Å².